The molecule has 0 unspecified atom stereocenters. The molecule has 32 heavy (non-hydrogen) atoms. The topological polar surface area (TPSA) is 57.8 Å². The standard InChI is InChI=1S/C24H21N5OS2/c1-30-18-12-10-16(11-13-18)28-20-6-3-2-5-19(20)25-22(28)15-32-24-27-26-23(21-7-4-14-31-21)29(24)17-8-9-17/h2-7,10-14,17H,8-9,15H2,1H3. The van der Waals surface area contributed by atoms with Crippen molar-refractivity contribution in [2.24, 2.45) is 0 Å². The average molecular weight is 460 g/mol. The Balaban J connectivity index is 1.36. The number of methoxy groups -OCH3 is 1. The Labute approximate surface area is 193 Å². The summed E-state index contributed by atoms with van der Waals surface area (Å²) in [7, 11) is 1.68. The Morgan fingerprint density at radius 1 is 1.03 bits per heavy atom. The number of aromatic nitrogens is 5. The molecule has 2 aromatic carbocycles. The van der Waals surface area contributed by atoms with Crippen LogP contribution >= 0.6 is 23.1 Å². The highest BCUT2D eigenvalue weighted by Gasteiger charge is 2.30. The number of thiophene rings is 1. The number of nitrogens with zero attached hydrogens (tertiary/aromatic N) is 5. The molecule has 6 rings (SSSR count). The van der Waals surface area contributed by atoms with Crippen molar-refractivity contribution in [3.8, 4) is 22.1 Å². The number of hydrogen-bond donors (Lipinski definition) is 0. The Morgan fingerprint density at radius 2 is 1.88 bits per heavy atom. The van der Waals surface area contributed by atoms with E-state index in [0.29, 0.717) is 11.8 Å². The summed E-state index contributed by atoms with van der Waals surface area (Å²) in [6.45, 7) is 0. The molecule has 0 N–H and O–H groups in total. The van der Waals surface area contributed by atoms with E-state index in [2.05, 4.69) is 67.2 Å². The van der Waals surface area contributed by atoms with Crippen molar-refractivity contribution in [1.29, 1.82) is 0 Å². The zero-order valence-corrected chi connectivity index (χ0v) is 19.1. The molecule has 1 aliphatic carbocycles. The van der Waals surface area contributed by atoms with E-state index in [-0.39, 0.29) is 0 Å². The van der Waals surface area contributed by atoms with Gasteiger partial charge in [0.2, 0.25) is 0 Å². The van der Waals surface area contributed by atoms with E-state index in [0.717, 1.165) is 39.3 Å². The van der Waals surface area contributed by atoms with Crippen LogP contribution in [0.15, 0.2) is 71.2 Å². The van der Waals surface area contributed by atoms with Crippen LogP contribution in [0.3, 0.4) is 0 Å². The van der Waals surface area contributed by atoms with Crippen LogP contribution in [0.1, 0.15) is 24.7 Å². The molecule has 6 nitrogen and oxygen atoms in total. The van der Waals surface area contributed by atoms with Gasteiger partial charge in [-0.2, -0.15) is 0 Å². The maximum atomic E-state index is 5.34. The molecule has 0 aliphatic heterocycles. The van der Waals surface area contributed by atoms with Gasteiger partial charge in [-0.15, -0.1) is 21.5 Å². The maximum absolute atomic E-state index is 5.34. The number of hydrogen-bond acceptors (Lipinski definition) is 6. The van der Waals surface area contributed by atoms with Gasteiger partial charge in [0.25, 0.3) is 0 Å². The van der Waals surface area contributed by atoms with Gasteiger partial charge in [0.15, 0.2) is 11.0 Å². The molecule has 0 atom stereocenters. The Kier molecular flexibility index (Phi) is 4.96. The number of thioether (sulfide) groups is 1. The second kappa shape index (κ2) is 8.11. The lowest BCUT2D eigenvalue weighted by atomic mass is 10.2. The van der Waals surface area contributed by atoms with E-state index in [1.165, 1.54) is 17.7 Å². The minimum Gasteiger partial charge on any atom is -0.497 e. The van der Waals surface area contributed by atoms with Crippen molar-refractivity contribution < 1.29 is 4.74 Å². The lowest BCUT2D eigenvalue weighted by Gasteiger charge is -2.11. The second-order valence-electron chi connectivity index (χ2n) is 7.72. The van der Waals surface area contributed by atoms with Crippen LogP contribution in [-0.2, 0) is 5.75 Å². The second-order valence-corrected chi connectivity index (χ2v) is 9.61. The predicted octanol–water partition coefficient (Wildman–Crippen LogP) is 5.98. The highest BCUT2D eigenvalue weighted by molar-refractivity contribution is 7.98. The minimum atomic E-state index is 0.505. The van der Waals surface area contributed by atoms with Gasteiger partial charge in [-0.05, 0) is 60.7 Å². The molecule has 3 heterocycles. The quantitative estimate of drug-likeness (QED) is 0.280. The zero-order chi connectivity index (χ0) is 21.5. The molecule has 8 heteroatoms. The van der Waals surface area contributed by atoms with E-state index >= 15 is 0 Å². The van der Waals surface area contributed by atoms with Crippen LogP contribution in [0.5, 0.6) is 5.75 Å². The van der Waals surface area contributed by atoms with Crippen molar-refractivity contribution in [3.05, 3.63) is 71.9 Å². The third-order valence-corrected chi connectivity index (χ3v) is 7.41. The summed E-state index contributed by atoms with van der Waals surface area (Å²) < 4.78 is 9.88. The third-order valence-electron chi connectivity index (χ3n) is 5.61. The minimum absolute atomic E-state index is 0.505. The monoisotopic (exact) mass is 459 g/mol. The first-order chi connectivity index (χ1) is 15.8. The summed E-state index contributed by atoms with van der Waals surface area (Å²) in [5.74, 6) is 3.52. The molecular formula is C24H21N5OS2. The molecule has 1 fully saturated rings. The van der Waals surface area contributed by atoms with E-state index in [1.54, 1.807) is 30.2 Å². The van der Waals surface area contributed by atoms with E-state index in [1.807, 2.05) is 18.2 Å². The number of ether oxygens (including phenoxy) is 1. The molecule has 0 spiro atoms. The fourth-order valence-electron chi connectivity index (χ4n) is 3.93. The molecule has 0 saturated heterocycles. The number of benzene rings is 2. The molecular weight excluding hydrogens is 438 g/mol. The SMILES string of the molecule is COc1ccc(-n2c(CSc3nnc(-c4cccs4)n3C3CC3)nc3ccccc32)cc1. The smallest absolute Gasteiger partial charge is 0.192 e. The summed E-state index contributed by atoms with van der Waals surface area (Å²) in [6, 6.07) is 21.1. The van der Waals surface area contributed by atoms with Crippen molar-refractivity contribution in [2.75, 3.05) is 7.11 Å². The molecule has 3 aromatic heterocycles. The van der Waals surface area contributed by atoms with Gasteiger partial charge in [0.05, 0.1) is 28.8 Å². The Hall–Kier alpha value is -3.10. The summed E-state index contributed by atoms with van der Waals surface area (Å²) >= 11 is 3.41. The lowest BCUT2D eigenvalue weighted by molar-refractivity contribution is 0.414. The fourth-order valence-corrected chi connectivity index (χ4v) is 5.56. The van der Waals surface area contributed by atoms with Crippen LogP contribution in [0.2, 0.25) is 0 Å². The predicted molar refractivity (Wildman–Crippen MR) is 129 cm³/mol. The van der Waals surface area contributed by atoms with Crippen LogP contribution in [-0.4, -0.2) is 31.4 Å². The molecule has 5 aromatic rings. The molecule has 1 saturated carbocycles. The van der Waals surface area contributed by atoms with Gasteiger partial charge < -0.3 is 4.74 Å². The maximum Gasteiger partial charge on any atom is 0.192 e. The van der Waals surface area contributed by atoms with Crippen molar-refractivity contribution in [3.63, 3.8) is 0 Å². The number of imidazole rings is 1. The molecule has 160 valence electrons. The van der Waals surface area contributed by atoms with Gasteiger partial charge in [0.1, 0.15) is 11.6 Å². The van der Waals surface area contributed by atoms with Crippen LogP contribution in [0.4, 0.5) is 0 Å². The van der Waals surface area contributed by atoms with E-state index in [9.17, 15) is 0 Å². The summed E-state index contributed by atoms with van der Waals surface area (Å²) in [5, 5.41) is 12.1. The Bertz CT molecular complexity index is 1370. The normalized spacial score (nSPS) is 13.7. The van der Waals surface area contributed by atoms with Crippen molar-refractivity contribution in [2.45, 2.75) is 29.8 Å². The van der Waals surface area contributed by atoms with Gasteiger partial charge in [0, 0.05) is 11.7 Å². The lowest BCUT2D eigenvalue weighted by Crippen LogP contribution is -2.02. The first-order valence-corrected chi connectivity index (χ1v) is 12.4. The summed E-state index contributed by atoms with van der Waals surface area (Å²) in [4.78, 5) is 6.12. The van der Waals surface area contributed by atoms with Gasteiger partial charge in [-0.25, -0.2) is 4.98 Å². The van der Waals surface area contributed by atoms with Gasteiger partial charge in [-0.3, -0.25) is 9.13 Å². The van der Waals surface area contributed by atoms with E-state index < -0.39 is 0 Å². The largest absolute Gasteiger partial charge is 0.497 e. The fraction of sp³-hybridized carbons (Fsp3) is 0.208. The van der Waals surface area contributed by atoms with E-state index in [4.69, 9.17) is 9.72 Å². The first-order valence-electron chi connectivity index (χ1n) is 10.5. The highest BCUT2D eigenvalue weighted by Crippen LogP contribution is 2.42. The average Bonchev–Trinajstić information content (AvgIpc) is 3.24. The molecule has 0 amide bonds. The van der Waals surface area contributed by atoms with Crippen molar-refractivity contribution >= 4 is 34.1 Å². The molecule has 1 aliphatic rings. The van der Waals surface area contributed by atoms with Crippen LogP contribution < -0.4 is 4.74 Å². The number of rotatable bonds is 7. The highest BCUT2D eigenvalue weighted by atomic mass is 32.2. The van der Waals surface area contributed by atoms with Crippen molar-refractivity contribution in [1.82, 2.24) is 24.3 Å². The molecule has 0 bridgehead atoms. The summed E-state index contributed by atoms with van der Waals surface area (Å²) in [5.41, 5.74) is 3.15. The summed E-state index contributed by atoms with van der Waals surface area (Å²) in [6.07, 6.45) is 2.38. The number of para-hydroxylation sites is 2. The van der Waals surface area contributed by atoms with Gasteiger partial charge >= 0.3 is 0 Å². The first kappa shape index (κ1) is 19.6. The van der Waals surface area contributed by atoms with Crippen LogP contribution in [0, 0.1) is 0 Å². The van der Waals surface area contributed by atoms with Gasteiger partial charge in [-0.1, -0.05) is 30.0 Å². The Morgan fingerprint density at radius 3 is 2.62 bits per heavy atom. The van der Waals surface area contributed by atoms with Crippen LogP contribution in [0.25, 0.3) is 27.4 Å². The zero-order valence-electron chi connectivity index (χ0n) is 17.5. The molecule has 0 radical (unpaired) electrons. The number of fused-ring (bicyclic) bond motifs is 1. The third kappa shape index (κ3) is 3.49.